The van der Waals surface area contributed by atoms with E-state index in [1.54, 1.807) is 0 Å². The maximum atomic E-state index is 12.2. The standard InChI is InChI=1S/C13H13N5O/c14-6-7-18(9-10-4-2-1-3-5-10)13(19)11-8-12(15)17-16-11/h1-5,8H,7,9H2,(H3,15,16,17). The minimum atomic E-state index is -0.297. The van der Waals surface area contributed by atoms with Crippen LogP contribution < -0.4 is 5.73 Å². The summed E-state index contributed by atoms with van der Waals surface area (Å²) in [5.74, 6) is -0.0467. The highest BCUT2D eigenvalue weighted by molar-refractivity contribution is 5.93. The highest BCUT2D eigenvalue weighted by Gasteiger charge is 2.17. The lowest BCUT2D eigenvalue weighted by Crippen LogP contribution is -2.31. The van der Waals surface area contributed by atoms with Crippen molar-refractivity contribution in [3.05, 3.63) is 47.7 Å². The topological polar surface area (TPSA) is 98.8 Å². The average molecular weight is 255 g/mol. The molecule has 2 aromatic rings. The Bertz CT molecular complexity index is 599. The molecule has 6 nitrogen and oxygen atoms in total. The van der Waals surface area contributed by atoms with Crippen LogP contribution in [0.25, 0.3) is 0 Å². The molecule has 1 heterocycles. The van der Waals surface area contributed by atoms with Gasteiger partial charge in [0.2, 0.25) is 0 Å². The van der Waals surface area contributed by atoms with Crippen LogP contribution in [-0.4, -0.2) is 27.5 Å². The van der Waals surface area contributed by atoms with Crippen LogP contribution in [0.4, 0.5) is 5.82 Å². The monoisotopic (exact) mass is 255 g/mol. The zero-order valence-electron chi connectivity index (χ0n) is 10.2. The number of carbonyl (C=O) groups excluding carboxylic acids is 1. The molecule has 96 valence electrons. The van der Waals surface area contributed by atoms with E-state index in [1.807, 2.05) is 36.4 Å². The third-order valence-electron chi connectivity index (χ3n) is 2.59. The van der Waals surface area contributed by atoms with Gasteiger partial charge >= 0.3 is 0 Å². The van der Waals surface area contributed by atoms with Crippen LogP contribution in [-0.2, 0) is 6.54 Å². The van der Waals surface area contributed by atoms with E-state index in [1.165, 1.54) is 11.0 Å². The van der Waals surface area contributed by atoms with E-state index in [0.29, 0.717) is 6.54 Å². The van der Waals surface area contributed by atoms with E-state index in [9.17, 15) is 4.79 Å². The largest absolute Gasteiger partial charge is 0.382 e. The van der Waals surface area contributed by atoms with E-state index in [-0.39, 0.29) is 24.0 Å². The van der Waals surface area contributed by atoms with Crippen molar-refractivity contribution in [2.45, 2.75) is 6.54 Å². The third kappa shape index (κ3) is 3.10. The number of nitrogens with one attached hydrogen (secondary N) is 1. The molecule has 3 N–H and O–H groups in total. The number of amides is 1. The summed E-state index contributed by atoms with van der Waals surface area (Å²) in [5, 5.41) is 15.1. The number of hydrogen-bond donors (Lipinski definition) is 2. The fourth-order valence-corrected chi connectivity index (χ4v) is 1.71. The summed E-state index contributed by atoms with van der Waals surface area (Å²) in [7, 11) is 0. The van der Waals surface area contributed by atoms with Gasteiger partial charge < -0.3 is 10.6 Å². The smallest absolute Gasteiger partial charge is 0.273 e. The van der Waals surface area contributed by atoms with Gasteiger partial charge in [-0.1, -0.05) is 30.3 Å². The molecule has 0 saturated carbocycles. The van der Waals surface area contributed by atoms with Crippen molar-refractivity contribution >= 4 is 11.7 Å². The summed E-state index contributed by atoms with van der Waals surface area (Å²) in [6.45, 7) is 0.374. The van der Waals surface area contributed by atoms with Crippen molar-refractivity contribution in [3.63, 3.8) is 0 Å². The van der Waals surface area contributed by atoms with Crippen LogP contribution in [0.5, 0.6) is 0 Å². The summed E-state index contributed by atoms with van der Waals surface area (Å²) < 4.78 is 0. The number of rotatable bonds is 4. The molecule has 1 aromatic heterocycles. The highest BCUT2D eigenvalue weighted by Crippen LogP contribution is 2.09. The number of nitrogen functional groups attached to an aromatic ring is 1. The van der Waals surface area contributed by atoms with Crippen molar-refractivity contribution in [1.29, 1.82) is 5.26 Å². The molecule has 0 spiro atoms. The molecule has 0 bridgehead atoms. The van der Waals surface area contributed by atoms with Gasteiger partial charge in [-0.15, -0.1) is 0 Å². The zero-order chi connectivity index (χ0) is 13.7. The van der Waals surface area contributed by atoms with Crippen LogP contribution in [0, 0.1) is 11.3 Å². The van der Waals surface area contributed by atoms with Gasteiger partial charge in [-0.25, -0.2) is 0 Å². The van der Waals surface area contributed by atoms with Crippen LogP contribution in [0.15, 0.2) is 36.4 Å². The second-order valence-electron chi connectivity index (χ2n) is 4.01. The second-order valence-corrected chi connectivity index (χ2v) is 4.01. The summed E-state index contributed by atoms with van der Waals surface area (Å²) in [5.41, 5.74) is 6.70. The predicted molar refractivity (Wildman–Crippen MR) is 69.8 cm³/mol. The molecule has 0 atom stereocenters. The predicted octanol–water partition coefficient (Wildman–Crippen LogP) is 1.16. The molecule has 19 heavy (non-hydrogen) atoms. The molecule has 0 aliphatic carbocycles. The Morgan fingerprint density at radius 2 is 2.16 bits per heavy atom. The van der Waals surface area contributed by atoms with E-state index in [0.717, 1.165) is 5.56 Å². The van der Waals surface area contributed by atoms with E-state index < -0.39 is 0 Å². The van der Waals surface area contributed by atoms with Crippen LogP contribution in [0.3, 0.4) is 0 Å². The van der Waals surface area contributed by atoms with Gasteiger partial charge in [0.25, 0.3) is 5.91 Å². The summed E-state index contributed by atoms with van der Waals surface area (Å²) in [6.07, 6.45) is 0. The lowest BCUT2D eigenvalue weighted by atomic mass is 10.2. The number of hydrogen-bond acceptors (Lipinski definition) is 4. The average Bonchev–Trinajstić information content (AvgIpc) is 2.85. The molecule has 1 amide bonds. The first-order valence-corrected chi connectivity index (χ1v) is 5.71. The molecule has 0 unspecified atom stereocenters. The minimum Gasteiger partial charge on any atom is -0.382 e. The van der Waals surface area contributed by atoms with Gasteiger partial charge in [-0.05, 0) is 5.56 Å². The van der Waals surface area contributed by atoms with Gasteiger partial charge in [0.05, 0.1) is 6.07 Å². The Kier molecular flexibility index (Phi) is 3.78. The molecule has 0 fully saturated rings. The third-order valence-corrected chi connectivity index (χ3v) is 2.59. The minimum absolute atomic E-state index is 0.00660. The first-order chi connectivity index (χ1) is 9.20. The Hall–Kier alpha value is -2.81. The molecule has 0 saturated heterocycles. The normalized spacial score (nSPS) is 9.84. The lowest BCUT2D eigenvalue weighted by Gasteiger charge is -2.18. The zero-order valence-corrected chi connectivity index (χ0v) is 10.2. The van der Waals surface area contributed by atoms with Crippen molar-refractivity contribution in [1.82, 2.24) is 15.1 Å². The Labute approximate surface area is 110 Å². The molecular weight excluding hydrogens is 242 g/mol. The fraction of sp³-hybridized carbons (Fsp3) is 0.154. The maximum absolute atomic E-state index is 12.2. The Morgan fingerprint density at radius 3 is 2.74 bits per heavy atom. The van der Waals surface area contributed by atoms with Gasteiger partial charge in [-0.2, -0.15) is 10.4 Å². The fourth-order valence-electron chi connectivity index (χ4n) is 1.71. The highest BCUT2D eigenvalue weighted by atomic mass is 16.2. The number of aromatic amines is 1. The van der Waals surface area contributed by atoms with Crippen molar-refractivity contribution in [2.24, 2.45) is 0 Å². The quantitative estimate of drug-likeness (QED) is 0.801. The van der Waals surface area contributed by atoms with Gasteiger partial charge in [0.1, 0.15) is 18.1 Å². The number of benzene rings is 1. The lowest BCUT2D eigenvalue weighted by molar-refractivity contribution is 0.0759. The Balaban J connectivity index is 2.16. The molecule has 0 aliphatic rings. The van der Waals surface area contributed by atoms with Crippen LogP contribution in [0.2, 0.25) is 0 Å². The van der Waals surface area contributed by atoms with Crippen LogP contribution in [0.1, 0.15) is 16.1 Å². The second kappa shape index (κ2) is 5.69. The van der Waals surface area contributed by atoms with E-state index >= 15 is 0 Å². The van der Waals surface area contributed by atoms with Gasteiger partial charge in [-0.3, -0.25) is 9.89 Å². The molecule has 0 radical (unpaired) electrons. The summed E-state index contributed by atoms with van der Waals surface area (Å²) in [4.78, 5) is 13.6. The number of nitrogens with two attached hydrogens (primary N) is 1. The van der Waals surface area contributed by atoms with Gasteiger partial charge in [0.15, 0.2) is 0 Å². The maximum Gasteiger partial charge on any atom is 0.273 e. The Morgan fingerprint density at radius 1 is 1.42 bits per heavy atom. The van der Waals surface area contributed by atoms with Crippen molar-refractivity contribution in [2.75, 3.05) is 12.3 Å². The number of carbonyl (C=O) groups is 1. The van der Waals surface area contributed by atoms with E-state index in [4.69, 9.17) is 11.0 Å². The molecule has 1 aromatic carbocycles. The molecular formula is C13H13N5O. The number of anilines is 1. The number of nitriles is 1. The summed E-state index contributed by atoms with van der Waals surface area (Å²) in [6, 6.07) is 12.9. The van der Waals surface area contributed by atoms with Gasteiger partial charge in [0, 0.05) is 12.6 Å². The van der Waals surface area contributed by atoms with Crippen molar-refractivity contribution < 1.29 is 4.79 Å². The first-order valence-electron chi connectivity index (χ1n) is 5.71. The summed E-state index contributed by atoms with van der Waals surface area (Å²) >= 11 is 0. The molecule has 2 rings (SSSR count). The van der Waals surface area contributed by atoms with E-state index in [2.05, 4.69) is 10.2 Å². The molecule has 0 aliphatic heterocycles. The first kappa shape index (κ1) is 12.6. The van der Waals surface area contributed by atoms with Crippen LogP contribution >= 0.6 is 0 Å². The SMILES string of the molecule is N#CCN(Cc1ccccc1)C(=O)c1cc(N)n[nH]1. The number of H-pyrrole nitrogens is 1. The van der Waals surface area contributed by atoms with Crippen molar-refractivity contribution in [3.8, 4) is 6.07 Å². The number of aromatic nitrogens is 2. The number of nitrogens with zero attached hydrogens (tertiary/aromatic N) is 3. The molecule has 6 heteroatoms.